The first-order valence-electron chi connectivity index (χ1n) is 5.75. The van der Waals surface area contributed by atoms with E-state index in [0.29, 0.717) is 25.1 Å². The van der Waals surface area contributed by atoms with E-state index in [1.807, 2.05) is 0 Å². The monoisotopic (exact) mass is 286 g/mol. The quantitative estimate of drug-likeness (QED) is 0.645. The number of rotatable bonds is 5. The molecule has 0 radical (unpaired) electrons. The van der Waals surface area contributed by atoms with Gasteiger partial charge in [0.05, 0.1) is 0 Å². The van der Waals surface area contributed by atoms with Crippen molar-refractivity contribution in [2.75, 3.05) is 11.9 Å². The summed E-state index contributed by atoms with van der Waals surface area (Å²) in [5.74, 6) is 2.09. The largest absolute Gasteiger partial charge is 0.573 e. The summed E-state index contributed by atoms with van der Waals surface area (Å²) >= 11 is 0. The van der Waals surface area contributed by atoms with Crippen molar-refractivity contribution >= 4 is 11.7 Å². The lowest BCUT2D eigenvalue weighted by Crippen LogP contribution is -2.29. The molecule has 2 N–H and O–H groups in total. The molecule has 0 unspecified atom stereocenters. The molecular formula is C13H13F3N2O2. The first-order valence-corrected chi connectivity index (χ1v) is 5.75. The number of carbonyl (C=O) groups is 1. The van der Waals surface area contributed by atoms with Crippen molar-refractivity contribution in [3.63, 3.8) is 0 Å². The molecule has 0 fully saturated rings. The number of halogens is 3. The summed E-state index contributed by atoms with van der Waals surface area (Å²) in [5.41, 5.74) is 0.356. The highest BCUT2D eigenvalue weighted by molar-refractivity contribution is 5.89. The summed E-state index contributed by atoms with van der Waals surface area (Å²) in [6.07, 6.45) is 1.54. The smallest absolute Gasteiger partial charge is 0.406 e. The average Bonchev–Trinajstić information content (AvgIpc) is 2.35. The second-order valence-electron chi connectivity index (χ2n) is 3.76. The van der Waals surface area contributed by atoms with Crippen LogP contribution < -0.4 is 15.4 Å². The van der Waals surface area contributed by atoms with Crippen molar-refractivity contribution in [1.29, 1.82) is 0 Å². The van der Waals surface area contributed by atoms with Crippen LogP contribution in [0.3, 0.4) is 0 Å². The molecule has 0 heterocycles. The Morgan fingerprint density at radius 1 is 1.30 bits per heavy atom. The summed E-state index contributed by atoms with van der Waals surface area (Å²) < 4.78 is 39.5. The third kappa shape index (κ3) is 6.54. The maximum atomic E-state index is 11.9. The lowest BCUT2D eigenvalue weighted by Gasteiger charge is -2.10. The molecule has 0 atom stereocenters. The Kier molecular flexibility index (Phi) is 5.72. The first kappa shape index (κ1) is 15.7. The van der Waals surface area contributed by atoms with E-state index in [0.717, 1.165) is 12.1 Å². The Hall–Kier alpha value is -2.36. The highest BCUT2D eigenvalue weighted by Gasteiger charge is 2.30. The van der Waals surface area contributed by atoms with Crippen LogP contribution >= 0.6 is 0 Å². The number of urea groups is 1. The number of carbonyl (C=O) groups excluding carboxylic acids is 1. The van der Waals surface area contributed by atoms with Gasteiger partial charge in [0.1, 0.15) is 5.75 Å². The molecule has 0 saturated heterocycles. The molecule has 20 heavy (non-hydrogen) atoms. The van der Waals surface area contributed by atoms with Gasteiger partial charge in [0.15, 0.2) is 0 Å². The minimum atomic E-state index is -4.73. The predicted molar refractivity (Wildman–Crippen MR) is 68.2 cm³/mol. The zero-order valence-electron chi connectivity index (χ0n) is 10.5. The Labute approximate surface area is 114 Å². The minimum absolute atomic E-state index is 0.350. The number of hydrogen-bond acceptors (Lipinski definition) is 2. The Bertz CT molecular complexity index is 478. The fraction of sp³-hybridized carbons (Fsp3) is 0.308. The molecule has 1 rings (SSSR count). The zero-order valence-corrected chi connectivity index (χ0v) is 10.5. The van der Waals surface area contributed by atoms with Crippen LogP contribution in [0.5, 0.6) is 5.75 Å². The van der Waals surface area contributed by atoms with Gasteiger partial charge in [-0.3, -0.25) is 0 Å². The molecule has 0 aliphatic rings. The number of terminal acetylenes is 1. The van der Waals surface area contributed by atoms with Crippen LogP contribution in [0.1, 0.15) is 12.8 Å². The third-order valence-corrected chi connectivity index (χ3v) is 2.13. The van der Waals surface area contributed by atoms with E-state index in [-0.39, 0.29) is 5.75 Å². The first-order chi connectivity index (χ1) is 9.40. The van der Waals surface area contributed by atoms with E-state index in [9.17, 15) is 18.0 Å². The minimum Gasteiger partial charge on any atom is -0.406 e. The summed E-state index contributed by atoms with van der Waals surface area (Å²) in [7, 11) is 0. The van der Waals surface area contributed by atoms with E-state index in [4.69, 9.17) is 6.42 Å². The maximum absolute atomic E-state index is 11.9. The van der Waals surface area contributed by atoms with Gasteiger partial charge in [0, 0.05) is 18.7 Å². The molecule has 1 aromatic rings. The molecule has 0 saturated carbocycles. The van der Waals surface area contributed by atoms with Crippen molar-refractivity contribution in [2.24, 2.45) is 0 Å². The highest BCUT2D eigenvalue weighted by atomic mass is 19.4. The number of amides is 2. The standard InChI is InChI=1S/C13H13F3N2O2/c1-2-3-4-9-17-12(19)18-10-5-7-11(8-6-10)20-13(14,15)16/h1,5-8H,3-4,9H2,(H2,17,18,19). The van der Waals surface area contributed by atoms with Gasteiger partial charge in [0.2, 0.25) is 0 Å². The van der Waals surface area contributed by atoms with Crippen LogP contribution in [0.4, 0.5) is 23.7 Å². The van der Waals surface area contributed by atoms with Crippen molar-refractivity contribution in [1.82, 2.24) is 5.32 Å². The normalized spacial score (nSPS) is 10.5. The Morgan fingerprint density at radius 2 is 1.95 bits per heavy atom. The molecule has 0 bridgehead atoms. The Balaban J connectivity index is 2.41. The molecular weight excluding hydrogens is 273 g/mol. The number of alkyl halides is 3. The van der Waals surface area contributed by atoms with Gasteiger partial charge >= 0.3 is 12.4 Å². The van der Waals surface area contributed by atoms with Gasteiger partial charge in [-0.05, 0) is 30.7 Å². The van der Waals surface area contributed by atoms with Gasteiger partial charge in [-0.15, -0.1) is 25.5 Å². The number of hydrogen-bond donors (Lipinski definition) is 2. The van der Waals surface area contributed by atoms with Gasteiger partial charge < -0.3 is 15.4 Å². The lowest BCUT2D eigenvalue weighted by molar-refractivity contribution is -0.274. The lowest BCUT2D eigenvalue weighted by atomic mass is 10.3. The van der Waals surface area contributed by atoms with Gasteiger partial charge in [-0.2, -0.15) is 0 Å². The molecule has 2 amide bonds. The highest BCUT2D eigenvalue weighted by Crippen LogP contribution is 2.23. The number of nitrogens with one attached hydrogen (secondary N) is 2. The van der Waals surface area contributed by atoms with Crippen LogP contribution in [0.2, 0.25) is 0 Å². The summed E-state index contributed by atoms with van der Waals surface area (Å²) in [6.45, 7) is 0.422. The van der Waals surface area contributed by atoms with E-state index >= 15 is 0 Å². The topological polar surface area (TPSA) is 50.4 Å². The van der Waals surface area contributed by atoms with Crippen molar-refractivity contribution in [3.05, 3.63) is 24.3 Å². The van der Waals surface area contributed by atoms with Crippen LogP contribution in [0.25, 0.3) is 0 Å². The van der Waals surface area contributed by atoms with Crippen molar-refractivity contribution < 1.29 is 22.7 Å². The molecule has 0 aliphatic carbocycles. The van der Waals surface area contributed by atoms with E-state index < -0.39 is 12.4 Å². The maximum Gasteiger partial charge on any atom is 0.573 e. The third-order valence-electron chi connectivity index (χ3n) is 2.13. The van der Waals surface area contributed by atoms with Crippen LogP contribution in [-0.2, 0) is 0 Å². The fourth-order valence-electron chi connectivity index (χ4n) is 1.31. The average molecular weight is 286 g/mol. The molecule has 7 heteroatoms. The Morgan fingerprint density at radius 3 is 2.50 bits per heavy atom. The van der Waals surface area contributed by atoms with Crippen molar-refractivity contribution in [2.45, 2.75) is 19.2 Å². The van der Waals surface area contributed by atoms with Crippen LogP contribution in [0, 0.1) is 12.3 Å². The number of ether oxygens (including phenoxy) is 1. The molecule has 0 aliphatic heterocycles. The van der Waals surface area contributed by atoms with Crippen molar-refractivity contribution in [3.8, 4) is 18.1 Å². The van der Waals surface area contributed by atoms with E-state index in [1.165, 1.54) is 12.1 Å². The summed E-state index contributed by atoms with van der Waals surface area (Å²) in [5, 5.41) is 5.03. The summed E-state index contributed by atoms with van der Waals surface area (Å²) in [4.78, 5) is 11.4. The van der Waals surface area contributed by atoms with Crippen LogP contribution in [-0.4, -0.2) is 18.9 Å². The molecule has 0 aromatic heterocycles. The fourth-order valence-corrected chi connectivity index (χ4v) is 1.31. The molecule has 1 aromatic carbocycles. The van der Waals surface area contributed by atoms with E-state index in [2.05, 4.69) is 21.3 Å². The van der Waals surface area contributed by atoms with Crippen LogP contribution in [0.15, 0.2) is 24.3 Å². The van der Waals surface area contributed by atoms with Gasteiger partial charge in [-0.1, -0.05) is 0 Å². The zero-order chi connectivity index (χ0) is 15.0. The van der Waals surface area contributed by atoms with E-state index in [1.54, 1.807) is 0 Å². The number of unbranched alkanes of at least 4 members (excludes halogenated alkanes) is 1. The summed E-state index contributed by atoms with van der Waals surface area (Å²) in [6, 6.07) is 4.39. The second kappa shape index (κ2) is 7.28. The van der Waals surface area contributed by atoms with Gasteiger partial charge in [0.25, 0.3) is 0 Å². The molecule has 108 valence electrons. The predicted octanol–water partition coefficient (Wildman–Crippen LogP) is 3.12. The van der Waals surface area contributed by atoms with Gasteiger partial charge in [-0.25, -0.2) is 4.79 Å². The molecule has 0 spiro atoms. The second-order valence-corrected chi connectivity index (χ2v) is 3.76. The SMILES string of the molecule is C#CCCCNC(=O)Nc1ccc(OC(F)(F)F)cc1. The number of anilines is 1. The number of benzene rings is 1. The molecule has 4 nitrogen and oxygen atoms in total.